The molecular formula is C16H27NOSi. The summed E-state index contributed by atoms with van der Waals surface area (Å²) in [6, 6.07) is 11.1. The van der Waals surface area contributed by atoms with Gasteiger partial charge in [0.15, 0.2) is 8.32 Å². The lowest BCUT2D eigenvalue weighted by atomic mass is 9.97. The van der Waals surface area contributed by atoms with E-state index in [0.717, 1.165) is 6.61 Å². The van der Waals surface area contributed by atoms with Crippen molar-refractivity contribution >= 4 is 8.32 Å². The second kappa shape index (κ2) is 4.72. The molecule has 1 aliphatic heterocycles. The van der Waals surface area contributed by atoms with Crippen molar-refractivity contribution < 1.29 is 4.43 Å². The van der Waals surface area contributed by atoms with Crippen LogP contribution in [0.5, 0.6) is 0 Å². The molecule has 1 aromatic rings. The Bertz CT molecular complexity index is 438. The second-order valence-corrected chi connectivity index (χ2v) is 12.1. The zero-order valence-electron chi connectivity index (χ0n) is 13.1. The normalized spacial score (nSPS) is 27.4. The van der Waals surface area contributed by atoms with Crippen molar-refractivity contribution in [3.8, 4) is 0 Å². The first-order valence-electron chi connectivity index (χ1n) is 7.14. The number of rotatable bonds is 4. The van der Waals surface area contributed by atoms with Gasteiger partial charge < -0.3 is 4.43 Å². The van der Waals surface area contributed by atoms with Gasteiger partial charge in [-0.15, -0.1) is 0 Å². The molecule has 0 amide bonds. The second-order valence-electron chi connectivity index (χ2n) is 7.34. The van der Waals surface area contributed by atoms with Crippen LogP contribution in [0.15, 0.2) is 30.3 Å². The predicted molar refractivity (Wildman–Crippen MR) is 83.9 cm³/mol. The Morgan fingerprint density at radius 3 is 2.32 bits per heavy atom. The summed E-state index contributed by atoms with van der Waals surface area (Å²) in [6.45, 7) is 14.6. The van der Waals surface area contributed by atoms with E-state index in [0.29, 0.717) is 6.04 Å². The van der Waals surface area contributed by atoms with Gasteiger partial charge in [0.05, 0.1) is 18.2 Å². The monoisotopic (exact) mass is 277 g/mol. The lowest BCUT2D eigenvalue weighted by Crippen LogP contribution is -2.42. The molecule has 0 aromatic heterocycles. The molecule has 2 nitrogen and oxygen atoms in total. The lowest BCUT2D eigenvalue weighted by molar-refractivity contribution is 0.283. The molecule has 3 heteroatoms. The van der Waals surface area contributed by atoms with E-state index in [2.05, 4.69) is 76.4 Å². The molecule has 2 atom stereocenters. The highest BCUT2D eigenvalue weighted by Gasteiger charge is 2.51. The summed E-state index contributed by atoms with van der Waals surface area (Å²) in [5, 5.41) is 3.87. The van der Waals surface area contributed by atoms with Crippen LogP contribution >= 0.6 is 0 Å². The van der Waals surface area contributed by atoms with E-state index in [1.807, 2.05) is 0 Å². The third-order valence-electron chi connectivity index (χ3n) is 4.88. The van der Waals surface area contributed by atoms with E-state index in [1.165, 1.54) is 5.56 Å². The summed E-state index contributed by atoms with van der Waals surface area (Å²) < 4.78 is 6.31. The van der Waals surface area contributed by atoms with Crippen LogP contribution in [0.4, 0.5) is 0 Å². The summed E-state index contributed by atoms with van der Waals surface area (Å²) in [5.41, 5.74) is 1.46. The van der Waals surface area contributed by atoms with E-state index in [1.54, 1.807) is 0 Å². The molecule has 1 fully saturated rings. The Kier molecular flexibility index (Phi) is 3.67. The van der Waals surface area contributed by atoms with Gasteiger partial charge in [-0.2, -0.15) is 0 Å². The van der Waals surface area contributed by atoms with Crippen LogP contribution in [0.2, 0.25) is 18.1 Å². The van der Waals surface area contributed by atoms with Crippen LogP contribution in [-0.2, 0) is 9.96 Å². The fourth-order valence-electron chi connectivity index (χ4n) is 2.11. The van der Waals surface area contributed by atoms with Gasteiger partial charge in [0.25, 0.3) is 0 Å². The molecule has 2 rings (SSSR count). The summed E-state index contributed by atoms with van der Waals surface area (Å²) in [7, 11) is -1.63. The molecule has 0 spiro atoms. The molecule has 106 valence electrons. The van der Waals surface area contributed by atoms with Crippen molar-refractivity contribution in [3.05, 3.63) is 35.9 Å². The number of hydrogen-bond acceptors (Lipinski definition) is 2. The van der Waals surface area contributed by atoms with Crippen LogP contribution in [-0.4, -0.2) is 21.0 Å². The Labute approximate surface area is 118 Å². The maximum atomic E-state index is 6.31. The third-order valence-corrected chi connectivity index (χ3v) is 9.38. The van der Waals surface area contributed by atoms with Crippen molar-refractivity contribution in [1.29, 1.82) is 0 Å². The Hall–Kier alpha value is -0.643. The maximum Gasteiger partial charge on any atom is 0.192 e. The summed E-state index contributed by atoms with van der Waals surface area (Å²) >= 11 is 0. The molecule has 1 saturated heterocycles. The predicted octanol–water partition coefficient (Wildman–Crippen LogP) is 3.90. The standard InChI is InChI=1S/C16H27NOSi/c1-15(2,3)19(5,6)18-12-14-16(4,17-14)13-10-8-7-9-11-13/h7-11,14,17H,12H2,1-6H3/t14-,16-/m1/s1. The van der Waals surface area contributed by atoms with Crippen molar-refractivity contribution in [1.82, 2.24) is 5.32 Å². The van der Waals surface area contributed by atoms with E-state index in [4.69, 9.17) is 4.43 Å². The SMILES string of the molecule is CC(C)(C)[Si](C)(C)OC[C@H]1N[C@]1(C)c1ccccc1. The minimum Gasteiger partial charge on any atom is -0.415 e. The van der Waals surface area contributed by atoms with Gasteiger partial charge >= 0.3 is 0 Å². The molecule has 0 aliphatic carbocycles. The minimum atomic E-state index is -1.63. The van der Waals surface area contributed by atoms with E-state index in [-0.39, 0.29) is 10.6 Å². The average molecular weight is 277 g/mol. The van der Waals surface area contributed by atoms with Crippen LogP contribution < -0.4 is 5.32 Å². The average Bonchev–Trinajstić information content (AvgIpc) is 2.99. The van der Waals surface area contributed by atoms with Crippen LogP contribution in [0.1, 0.15) is 33.3 Å². The molecule has 1 heterocycles. The van der Waals surface area contributed by atoms with Crippen LogP contribution in [0, 0.1) is 0 Å². The lowest BCUT2D eigenvalue weighted by Gasteiger charge is -2.36. The Morgan fingerprint density at radius 1 is 1.21 bits per heavy atom. The van der Waals surface area contributed by atoms with Gasteiger partial charge in [0, 0.05) is 0 Å². The number of hydrogen-bond donors (Lipinski definition) is 1. The van der Waals surface area contributed by atoms with Gasteiger partial charge in [-0.25, -0.2) is 0 Å². The van der Waals surface area contributed by atoms with E-state index in [9.17, 15) is 0 Å². The molecule has 0 bridgehead atoms. The quantitative estimate of drug-likeness (QED) is 0.668. The molecule has 1 aliphatic rings. The number of benzene rings is 1. The first-order chi connectivity index (χ1) is 8.67. The third kappa shape index (κ3) is 2.93. The summed E-state index contributed by atoms with van der Waals surface area (Å²) in [5.74, 6) is 0. The smallest absolute Gasteiger partial charge is 0.192 e. The van der Waals surface area contributed by atoms with Crippen molar-refractivity contribution in [2.45, 2.75) is 57.4 Å². The molecule has 0 radical (unpaired) electrons. The minimum absolute atomic E-state index is 0.101. The van der Waals surface area contributed by atoms with Crippen molar-refractivity contribution in [2.75, 3.05) is 6.61 Å². The fraction of sp³-hybridized carbons (Fsp3) is 0.625. The van der Waals surface area contributed by atoms with Gasteiger partial charge in [-0.05, 0) is 30.6 Å². The molecular weight excluding hydrogens is 250 g/mol. The van der Waals surface area contributed by atoms with Gasteiger partial charge in [-0.3, -0.25) is 5.32 Å². The van der Waals surface area contributed by atoms with Crippen molar-refractivity contribution in [2.24, 2.45) is 0 Å². The highest BCUT2D eigenvalue weighted by atomic mass is 28.4. The van der Waals surface area contributed by atoms with E-state index >= 15 is 0 Å². The summed E-state index contributed by atoms with van der Waals surface area (Å²) in [6.07, 6.45) is 0. The van der Waals surface area contributed by atoms with Crippen LogP contribution in [0.3, 0.4) is 0 Å². The van der Waals surface area contributed by atoms with Gasteiger partial charge in [-0.1, -0.05) is 51.1 Å². The van der Waals surface area contributed by atoms with Gasteiger partial charge in [0.1, 0.15) is 0 Å². The fourth-order valence-corrected chi connectivity index (χ4v) is 3.12. The first kappa shape index (κ1) is 14.8. The maximum absolute atomic E-state index is 6.31. The number of nitrogens with one attached hydrogen (secondary N) is 1. The van der Waals surface area contributed by atoms with Crippen molar-refractivity contribution in [3.63, 3.8) is 0 Å². The highest BCUT2D eigenvalue weighted by Crippen LogP contribution is 2.40. The highest BCUT2D eigenvalue weighted by molar-refractivity contribution is 6.74. The molecule has 0 unspecified atom stereocenters. The molecule has 19 heavy (non-hydrogen) atoms. The summed E-state index contributed by atoms with van der Waals surface area (Å²) in [4.78, 5) is 0. The Morgan fingerprint density at radius 2 is 1.79 bits per heavy atom. The largest absolute Gasteiger partial charge is 0.415 e. The zero-order valence-corrected chi connectivity index (χ0v) is 14.1. The van der Waals surface area contributed by atoms with E-state index < -0.39 is 8.32 Å². The Balaban J connectivity index is 1.95. The van der Waals surface area contributed by atoms with Gasteiger partial charge in [0.2, 0.25) is 0 Å². The first-order valence-corrected chi connectivity index (χ1v) is 10.0. The van der Waals surface area contributed by atoms with Crippen LogP contribution in [0.25, 0.3) is 0 Å². The molecule has 1 N–H and O–H groups in total. The molecule has 1 aromatic carbocycles. The molecule has 0 saturated carbocycles. The topological polar surface area (TPSA) is 31.2 Å². The zero-order chi connectivity index (χ0) is 14.3.